The van der Waals surface area contributed by atoms with Gasteiger partial charge in [0, 0.05) is 23.5 Å². The van der Waals surface area contributed by atoms with E-state index in [0.717, 1.165) is 10.9 Å². The number of hydrogen-bond acceptors (Lipinski definition) is 5. The number of ketones is 1. The van der Waals surface area contributed by atoms with Crippen LogP contribution in [-0.4, -0.2) is 56.1 Å². The Morgan fingerprint density at radius 2 is 1.72 bits per heavy atom. The van der Waals surface area contributed by atoms with E-state index >= 15 is 0 Å². The minimum Gasteiger partial charge on any atom is -0.481 e. The van der Waals surface area contributed by atoms with Crippen LogP contribution in [0.1, 0.15) is 12.0 Å². The maximum atomic E-state index is 11.6. The largest absolute Gasteiger partial charge is 0.481 e. The topological polar surface area (TPSA) is 157 Å². The van der Waals surface area contributed by atoms with Gasteiger partial charge in [-0.25, -0.2) is 4.79 Å². The summed E-state index contributed by atoms with van der Waals surface area (Å²) in [6.45, 7) is 0. The predicted octanol–water partition coefficient (Wildman–Crippen LogP) is 0.250. The molecule has 1 unspecified atom stereocenters. The SMILES string of the molecule is O=C(O)CC(N[C@@H](Cc1c[nH]c2ccccc12)C(=O)O)C(=O)C(=O)O. The first kappa shape index (κ1) is 18.1. The van der Waals surface area contributed by atoms with E-state index in [4.69, 9.17) is 10.2 Å². The zero-order valence-corrected chi connectivity index (χ0v) is 12.9. The molecular weight excluding hydrogens is 332 g/mol. The predicted molar refractivity (Wildman–Crippen MR) is 85.2 cm³/mol. The van der Waals surface area contributed by atoms with Crippen LogP contribution < -0.4 is 5.32 Å². The summed E-state index contributed by atoms with van der Waals surface area (Å²) < 4.78 is 0. The Morgan fingerprint density at radius 1 is 1.04 bits per heavy atom. The molecule has 0 spiro atoms. The van der Waals surface area contributed by atoms with Crippen LogP contribution in [-0.2, 0) is 25.6 Å². The van der Waals surface area contributed by atoms with Crippen molar-refractivity contribution in [3.05, 3.63) is 36.0 Å². The van der Waals surface area contributed by atoms with Crippen molar-refractivity contribution < 1.29 is 34.5 Å². The van der Waals surface area contributed by atoms with E-state index in [1.807, 2.05) is 12.1 Å². The number of aliphatic carboxylic acids is 3. The van der Waals surface area contributed by atoms with Crippen LogP contribution in [0.15, 0.2) is 30.5 Å². The van der Waals surface area contributed by atoms with Crippen LogP contribution in [0.2, 0.25) is 0 Å². The molecule has 25 heavy (non-hydrogen) atoms. The number of aromatic amines is 1. The van der Waals surface area contributed by atoms with Crippen molar-refractivity contribution >= 4 is 34.6 Å². The molecule has 0 aliphatic heterocycles. The van der Waals surface area contributed by atoms with E-state index in [-0.39, 0.29) is 6.42 Å². The van der Waals surface area contributed by atoms with Gasteiger partial charge in [0.15, 0.2) is 0 Å². The van der Waals surface area contributed by atoms with E-state index in [0.29, 0.717) is 5.56 Å². The Kier molecular flexibility index (Phi) is 5.50. The Morgan fingerprint density at radius 3 is 2.32 bits per heavy atom. The first-order valence-corrected chi connectivity index (χ1v) is 7.32. The number of aromatic nitrogens is 1. The van der Waals surface area contributed by atoms with Gasteiger partial charge in [0.1, 0.15) is 6.04 Å². The zero-order valence-electron chi connectivity index (χ0n) is 12.9. The molecule has 1 aromatic carbocycles. The molecule has 0 amide bonds. The van der Waals surface area contributed by atoms with Gasteiger partial charge in [0.25, 0.3) is 5.78 Å². The monoisotopic (exact) mass is 348 g/mol. The van der Waals surface area contributed by atoms with Crippen molar-refractivity contribution in [2.75, 3.05) is 0 Å². The van der Waals surface area contributed by atoms with Gasteiger partial charge in [-0.2, -0.15) is 0 Å². The first-order chi connectivity index (χ1) is 11.8. The normalized spacial score (nSPS) is 13.3. The molecule has 0 bridgehead atoms. The van der Waals surface area contributed by atoms with Crippen LogP contribution in [0, 0.1) is 0 Å². The van der Waals surface area contributed by atoms with Gasteiger partial charge in [-0.05, 0) is 11.6 Å². The summed E-state index contributed by atoms with van der Waals surface area (Å²) in [5.74, 6) is -5.95. The summed E-state index contributed by atoms with van der Waals surface area (Å²) in [7, 11) is 0. The van der Waals surface area contributed by atoms with Crippen LogP contribution in [0.3, 0.4) is 0 Å². The maximum absolute atomic E-state index is 11.6. The quantitative estimate of drug-likeness (QED) is 0.404. The molecule has 2 atom stereocenters. The van der Waals surface area contributed by atoms with Crippen LogP contribution in [0.25, 0.3) is 10.9 Å². The van der Waals surface area contributed by atoms with Crippen LogP contribution >= 0.6 is 0 Å². The summed E-state index contributed by atoms with van der Waals surface area (Å²) in [6, 6.07) is 4.22. The van der Waals surface area contributed by atoms with Crippen molar-refractivity contribution in [1.82, 2.24) is 10.3 Å². The molecule has 0 aliphatic carbocycles. The van der Waals surface area contributed by atoms with Gasteiger partial charge in [0.05, 0.1) is 12.5 Å². The Balaban J connectivity index is 2.24. The highest BCUT2D eigenvalue weighted by atomic mass is 16.4. The third-order valence-electron chi connectivity index (χ3n) is 3.71. The number of para-hydroxylation sites is 1. The molecule has 0 saturated carbocycles. The van der Waals surface area contributed by atoms with E-state index < -0.39 is 42.2 Å². The number of benzene rings is 1. The van der Waals surface area contributed by atoms with E-state index in [9.17, 15) is 24.3 Å². The summed E-state index contributed by atoms with van der Waals surface area (Å²) in [5, 5.41) is 30.1. The number of hydrogen-bond donors (Lipinski definition) is 5. The third-order valence-corrected chi connectivity index (χ3v) is 3.71. The summed E-state index contributed by atoms with van der Waals surface area (Å²) >= 11 is 0. The molecule has 0 fully saturated rings. The molecule has 1 heterocycles. The molecule has 2 aromatic rings. The summed E-state index contributed by atoms with van der Waals surface area (Å²) in [5.41, 5.74) is 1.44. The molecule has 2 rings (SSSR count). The molecule has 5 N–H and O–H groups in total. The molecule has 0 radical (unpaired) electrons. The lowest BCUT2D eigenvalue weighted by Gasteiger charge is -2.20. The number of fused-ring (bicyclic) bond motifs is 1. The standard InChI is InChI=1S/C16H16N2O7/c19-13(20)6-11(14(21)16(24)25)18-12(15(22)23)5-8-7-17-10-4-2-1-3-9(8)10/h1-4,7,11-12,17-18H,5-6H2,(H,19,20)(H,22,23)(H,24,25)/t11?,12-/m0/s1. The average molecular weight is 348 g/mol. The van der Waals surface area contributed by atoms with Crippen molar-refractivity contribution in [2.45, 2.75) is 24.9 Å². The van der Waals surface area contributed by atoms with Gasteiger partial charge in [-0.15, -0.1) is 0 Å². The molecule has 9 heteroatoms. The second-order valence-electron chi connectivity index (χ2n) is 5.44. The fraction of sp³-hybridized carbons (Fsp3) is 0.250. The van der Waals surface area contributed by atoms with Crippen LogP contribution in [0.4, 0.5) is 0 Å². The average Bonchev–Trinajstić information content (AvgIpc) is 2.95. The number of H-pyrrole nitrogens is 1. The summed E-state index contributed by atoms with van der Waals surface area (Å²) in [4.78, 5) is 47.8. The second-order valence-corrected chi connectivity index (χ2v) is 5.44. The highest BCUT2D eigenvalue weighted by Crippen LogP contribution is 2.19. The van der Waals surface area contributed by atoms with Gasteiger partial charge in [-0.1, -0.05) is 18.2 Å². The molecule has 1 aromatic heterocycles. The molecule has 9 nitrogen and oxygen atoms in total. The second kappa shape index (κ2) is 7.58. The highest BCUT2D eigenvalue weighted by molar-refractivity contribution is 6.35. The lowest BCUT2D eigenvalue weighted by atomic mass is 10.0. The number of carbonyl (C=O) groups excluding carboxylic acids is 1. The fourth-order valence-electron chi connectivity index (χ4n) is 2.53. The smallest absolute Gasteiger partial charge is 0.373 e. The number of rotatable bonds is 9. The Bertz CT molecular complexity index is 827. The van der Waals surface area contributed by atoms with E-state index in [1.54, 1.807) is 18.3 Å². The number of carbonyl (C=O) groups is 4. The molecular formula is C16H16N2O7. The number of Topliss-reactive ketones (excluding diaryl/α,β-unsaturated/α-hetero) is 1. The molecule has 0 aliphatic rings. The maximum Gasteiger partial charge on any atom is 0.373 e. The summed E-state index contributed by atoms with van der Waals surface area (Å²) in [6.07, 6.45) is 0.735. The first-order valence-electron chi connectivity index (χ1n) is 7.32. The van der Waals surface area contributed by atoms with Gasteiger partial charge < -0.3 is 20.3 Å². The highest BCUT2D eigenvalue weighted by Gasteiger charge is 2.32. The lowest BCUT2D eigenvalue weighted by Crippen LogP contribution is -2.50. The zero-order chi connectivity index (χ0) is 18.6. The number of carboxylic acid groups (broad SMARTS) is 3. The lowest BCUT2D eigenvalue weighted by molar-refractivity contribution is -0.152. The van der Waals surface area contributed by atoms with Crippen molar-refractivity contribution in [1.29, 1.82) is 0 Å². The molecule has 0 saturated heterocycles. The van der Waals surface area contributed by atoms with Gasteiger partial charge in [0.2, 0.25) is 0 Å². The van der Waals surface area contributed by atoms with Crippen molar-refractivity contribution in [3.63, 3.8) is 0 Å². The van der Waals surface area contributed by atoms with E-state index in [1.165, 1.54) is 0 Å². The van der Waals surface area contributed by atoms with Gasteiger partial charge >= 0.3 is 17.9 Å². The number of carboxylic acids is 3. The number of nitrogens with one attached hydrogen (secondary N) is 2. The minimum absolute atomic E-state index is 0.0532. The third kappa shape index (κ3) is 4.42. The van der Waals surface area contributed by atoms with Crippen molar-refractivity contribution in [2.24, 2.45) is 0 Å². The van der Waals surface area contributed by atoms with Crippen molar-refractivity contribution in [3.8, 4) is 0 Å². The van der Waals surface area contributed by atoms with Crippen LogP contribution in [0.5, 0.6) is 0 Å². The van der Waals surface area contributed by atoms with E-state index in [2.05, 4.69) is 10.3 Å². The minimum atomic E-state index is -1.82. The van der Waals surface area contributed by atoms with Gasteiger partial charge in [-0.3, -0.25) is 19.7 Å². The fourth-order valence-corrected chi connectivity index (χ4v) is 2.53. The Hall–Kier alpha value is -3.20. The molecule has 132 valence electrons. The Labute approximate surface area is 141 Å².